The molecule has 3 nitrogen and oxygen atoms in total. The molecule has 0 spiro atoms. The van der Waals surface area contributed by atoms with Crippen LogP contribution >= 0.6 is 0 Å². The molecule has 0 fully saturated rings. The monoisotopic (exact) mass is 260 g/mol. The topological polar surface area (TPSA) is 43.4 Å². The van der Waals surface area contributed by atoms with Gasteiger partial charge in [0.1, 0.15) is 6.10 Å². The van der Waals surface area contributed by atoms with E-state index in [1.54, 1.807) is 19.1 Å². The molecule has 92 valence electrons. The largest absolute Gasteiger partial charge is 0.297 e. The predicted octanol–water partition coefficient (Wildman–Crippen LogP) is 1.92. The fourth-order valence-electron chi connectivity index (χ4n) is 1.11. The highest BCUT2D eigenvalue weighted by Gasteiger charge is 2.26. The second-order valence-corrected chi connectivity index (χ2v) is 5.04. The van der Waals surface area contributed by atoms with Gasteiger partial charge in [-0.25, -0.2) is 8.78 Å². The summed E-state index contributed by atoms with van der Waals surface area (Å²) in [5.41, 5.74) is 0.855. The summed E-state index contributed by atoms with van der Waals surface area (Å²) in [7, 11) is 0.820. The van der Waals surface area contributed by atoms with E-state index in [-0.39, 0.29) is 4.90 Å². The number of benzene rings is 1. The van der Waals surface area contributed by atoms with Gasteiger partial charge in [-0.2, -0.15) is 8.42 Å². The van der Waals surface area contributed by atoms with E-state index in [0.29, 0.717) is 0 Å². The Morgan fingerprint density at radius 2 is 1.82 bits per heavy atom. The molecular formula is C10H11BF2O3S. The van der Waals surface area contributed by atoms with Gasteiger partial charge in [0.2, 0.25) is 0 Å². The van der Waals surface area contributed by atoms with Crippen molar-refractivity contribution < 1.29 is 21.4 Å². The summed E-state index contributed by atoms with van der Waals surface area (Å²) >= 11 is 0. The van der Waals surface area contributed by atoms with Crippen LogP contribution in [0.5, 0.6) is 0 Å². The summed E-state index contributed by atoms with van der Waals surface area (Å²) in [5.74, 6) is 0. The first-order valence-corrected chi connectivity index (χ1v) is 6.26. The Bertz CT molecular complexity index is 459. The number of alkyl halides is 2. The highest BCUT2D eigenvalue weighted by atomic mass is 32.2. The quantitative estimate of drug-likeness (QED) is 0.600. The van der Waals surface area contributed by atoms with Crippen molar-refractivity contribution in [3.8, 4) is 0 Å². The zero-order valence-corrected chi connectivity index (χ0v) is 9.95. The fourth-order valence-corrected chi connectivity index (χ4v) is 2.18. The van der Waals surface area contributed by atoms with Gasteiger partial charge in [-0.15, -0.1) is 0 Å². The molecule has 1 aromatic carbocycles. The van der Waals surface area contributed by atoms with Gasteiger partial charge in [-0.05, 0) is 19.1 Å². The van der Waals surface area contributed by atoms with E-state index < -0.39 is 29.0 Å². The van der Waals surface area contributed by atoms with Gasteiger partial charge in [0.15, 0.2) is 0 Å². The molecule has 7 heteroatoms. The van der Waals surface area contributed by atoms with Crippen molar-refractivity contribution in [3.63, 3.8) is 0 Å². The summed E-state index contributed by atoms with van der Waals surface area (Å²) in [4.78, 5) is -0.165. The van der Waals surface area contributed by atoms with Gasteiger partial charge in [-0.3, -0.25) is 4.18 Å². The van der Waals surface area contributed by atoms with Gasteiger partial charge < -0.3 is 0 Å². The molecule has 1 atom stereocenters. The third-order valence-electron chi connectivity index (χ3n) is 2.07. The van der Waals surface area contributed by atoms with Crippen molar-refractivity contribution in [1.82, 2.24) is 0 Å². The Kier molecular flexibility index (Phi) is 4.65. The SMILES string of the molecule is [B]CC(OS(=O)(=O)c1ccc(C)cc1)C(F)F. The maximum atomic E-state index is 12.3. The third kappa shape index (κ3) is 3.78. The number of aryl methyl sites for hydroxylation is 1. The van der Waals surface area contributed by atoms with E-state index in [1.165, 1.54) is 12.1 Å². The molecule has 0 aromatic heterocycles. The van der Waals surface area contributed by atoms with Crippen molar-refractivity contribution in [2.45, 2.75) is 30.7 Å². The summed E-state index contributed by atoms with van der Waals surface area (Å²) in [5, 5.41) is 0. The summed E-state index contributed by atoms with van der Waals surface area (Å²) in [6, 6.07) is 5.69. The first-order valence-electron chi connectivity index (χ1n) is 4.85. The smallest absolute Gasteiger partial charge is 0.258 e. The van der Waals surface area contributed by atoms with Crippen molar-refractivity contribution in [2.24, 2.45) is 0 Å². The molecule has 0 heterocycles. The van der Waals surface area contributed by atoms with E-state index >= 15 is 0 Å². The van der Waals surface area contributed by atoms with Gasteiger partial charge >= 0.3 is 0 Å². The molecule has 17 heavy (non-hydrogen) atoms. The van der Waals surface area contributed by atoms with Crippen LogP contribution in [-0.4, -0.2) is 28.8 Å². The van der Waals surface area contributed by atoms with Crippen LogP contribution in [0.2, 0.25) is 6.32 Å². The third-order valence-corrected chi connectivity index (χ3v) is 3.42. The normalized spacial score (nSPS) is 13.9. The van der Waals surface area contributed by atoms with Crippen molar-refractivity contribution in [3.05, 3.63) is 29.8 Å². The van der Waals surface area contributed by atoms with Gasteiger partial charge in [-0.1, -0.05) is 24.0 Å². The highest BCUT2D eigenvalue weighted by molar-refractivity contribution is 7.86. The lowest BCUT2D eigenvalue weighted by molar-refractivity contribution is 0.0266. The molecule has 0 saturated heterocycles. The molecule has 2 radical (unpaired) electrons. The molecule has 1 aromatic rings. The molecule has 0 saturated carbocycles. The van der Waals surface area contributed by atoms with Crippen LogP contribution in [0.3, 0.4) is 0 Å². The van der Waals surface area contributed by atoms with Crippen molar-refractivity contribution >= 4 is 18.0 Å². The first-order chi connectivity index (χ1) is 7.86. The molecule has 0 aliphatic rings. The van der Waals surface area contributed by atoms with E-state index in [2.05, 4.69) is 4.18 Å². The van der Waals surface area contributed by atoms with Crippen LogP contribution in [0.1, 0.15) is 5.56 Å². The fraction of sp³-hybridized carbons (Fsp3) is 0.400. The molecule has 1 unspecified atom stereocenters. The maximum absolute atomic E-state index is 12.3. The first kappa shape index (κ1) is 14.1. The van der Waals surface area contributed by atoms with Gasteiger partial charge in [0.05, 0.1) is 12.7 Å². The van der Waals surface area contributed by atoms with Crippen LogP contribution < -0.4 is 0 Å². The molecule has 0 N–H and O–H groups in total. The maximum Gasteiger partial charge on any atom is 0.297 e. The lowest BCUT2D eigenvalue weighted by atomic mass is 10.0. The summed E-state index contributed by atoms with van der Waals surface area (Å²) in [6.45, 7) is 1.78. The molecule has 0 aliphatic carbocycles. The van der Waals surface area contributed by atoms with E-state index in [4.69, 9.17) is 7.85 Å². The Morgan fingerprint density at radius 3 is 2.24 bits per heavy atom. The molecule has 0 amide bonds. The number of hydrogen-bond acceptors (Lipinski definition) is 3. The average molecular weight is 260 g/mol. The minimum Gasteiger partial charge on any atom is -0.258 e. The van der Waals surface area contributed by atoms with Crippen LogP contribution in [0, 0.1) is 6.92 Å². The standard InChI is InChI=1S/C10H11BF2O3S/c1-7-2-4-8(5-3-7)17(14,15)16-9(6-11)10(12)13/h2-5,9-10H,6H2,1H3. The Labute approximate surface area is 100 Å². The second kappa shape index (κ2) is 5.60. The van der Waals surface area contributed by atoms with Crippen molar-refractivity contribution in [2.75, 3.05) is 0 Å². The number of halogens is 2. The van der Waals surface area contributed by atoms with E-state index in [9.17, 15) is 17.2 Å². The minimum atomic E-state index is -4.19. The molecule has 0 aliphatic heterocycles. The minimum absolute atomic E-state index is 0.165. The molecule has 1 rings (SSSR count). The van der Waals surface area contributed by atoms with Gasteiger partial charge in [0.25, 0.3) is 16.5 Å². The van der Waals surface area contributed by atoms with Gasteiger partial charge in [0, 0.05) is 0 Å². The average Bonchev–Trinajstić information content (AvgIpc) is 2.26. The zero-order chi connectivity index (χ0) is 13.1. The highest BCUT2D eigenvalue weighted by Crippen LogP contribution is 2.19. The van der Waals surface area contributed by atoms with Crippen LogP contribution in [0.25, 0.3) is 0 Å². The van der Waals surface area contributed by atoms with E-state index in [0.717, 1.165) is 5.56 Å². The molecule has 0 bridgehead atoms. The Balaban J connectivity index is 2.92. The molecular weight excluding hydrogens is 249 g/mol. The second-order valence-electron chi connectivity index (χ2n) is 3.47. The lowest BCUT2D eigenvalue weighted by Crippen LogP contribution is -2.25. The Hall–Kier alpha value is -0.945. The van der Waals surface area contributed by atoms with Crippen molar-refractivity contribution in [1.29, 1.82) is 0 Å². The lowest BCUT2D eigenvalue weighted by Gasteiger charge is -2.14. The van der Waals surface area contributed by atoms with Crippen LogP contribution in [-0.2, 0) is 14.3 Å². The van der Waals surface area contributed by atoms with E-state index in [1.807, 2.05) is 0 Å². The van der Waals surface area contributed by atoms with Crippen LogP contribution in [0.15, 0.2) is 29.2 Å². The number of rotatable bonds is 5. The predicted molar refractivity (Wildman–Crippen MR) is 59.8 cm³/mol. The zero-order valence-electron chi connectivity index (χ0n) is 9.14. The van der Waals surface area contributed by atoms with Crippen LogP contribution in [0.4, 0.5) is 8.78 Å². The summed E-state index contributed by atoms with van der Waals surface area (Å²) < 4.78 is 52.3. The Morgan fingerprint density at radius 1 is 1.29 bits per heavy atom. The summed E-state index contributed by atoms with van der Waals surface area (Å²) in [6.07, 6.45) is -5.33. The number of hydrogen-bond donors (Lipinski definition) is 0.